The Morgan fingerprint density at radius 3 is 2.43 bits per heavy atom. The van der Waals surface area contributed by atoms with Crippen LogP contribution >= 0.6 is 0 Å². The number of Topliss-reactive ketones (excluding diaryl/α,β-unsaturated/α-hetero) is 1. The molecule has 0 radical (unpaired) electrons. The third-order valence-corrected chi connectivity index (χ3v) is 5.71. The molecule has 0 atom stereocenters. The fourth-order valence-corrected chi connectivity index (χ4v) is 3.81. The summed E-state index contributed by atoms with van der Waals surface area (Å²) in [7, 11) is 0. The molecular weight excluding hydrogens is 483 g/mol. The second-order valence-electron chi connectivity index (χ2n) is 8.23. The van der Waals surface area contributed by atoms with Gasteiger partial charge in [-0.15, -0.1) is 0 Å². The second kappa shape index (κ2) is 9.34. The minimum absolute atomic E-state index is 0.0438. The number of hydrogen-bond acceptors (Lipinski definition) is 5. The summed E-state index contributed by atoms with van der Waals surface area (Å²) < 4.78 is 46.8. The molecule has 3 aromatic carbocycles. The van der Waals surface area contributed by atoms with Gasteiger partial charge in [0.15, 0.2) is 11.6 Å². The molecule has 184 valence electrons. The SMILES string of the molecule is CC(=O)c1ccc(-c2ccc(C=Nn3c(-c4cccc(C(F)(F)F)c4)nc4ccccc4c3=O)o2)cc1. The van der Waals surface area contributed by atoms with Gasteiger partial charge in [0.1, 0.15) is 11.5 Å². The van der Waals surface area contributed by atoms with Crippen molar-refractivity contribution in [2.45, 2.75) is 13.1 Å². The molecule has 0 saturated carbocycles. The van der Waals surface area contributed by atoms with E-state index in [1.54, 1.807) is 60.7 Å². The van der Waals surface area contributed by atoms with E-state index in [2.05, 4.69) is 10.1 Å². The number of para-hydroxylation sites is 1. The highest BCUT2D eigenvalue weighted by atomic mass is 19.4. The third kappa shape index (κ3) is 4.84. The van der Waals surface area contributed by atoms with Crippen LogP contribution in [0.3, 0.4) is 0 Å². The summed E-state index contributed by atoms with van der Waals surface area (Å²) in [6.45, 7) is 1.48. The van der Waals surface area contributed by atoms with Gasteiger partial charge in [0, 0.05) is 16.7 Å². The predicted molar refractivity (Wildman–Crippen MR) is 134 cm³/mol. The Morgan fingerprint density at radius 2 is 1.70 bits per heavy atom. The van der Waals surface area contributed by atoms with Crippen molar-refractivity contribution in [2.24, 2.45) is 5.10 Å². The van der Waals surface area contributed by atoms with Gasteiger partial charge in [0.05, 0.1) is 22.7 Å². The van der Waals surface area contributed by atoms with Gasteiger partial charge in [-0.3, -0.25) is 9.59 Å². The summed E-state index contributed by atoms with van der Waals surface area (Å²) in [5.41, 5.74) is 0.317. The van der Waals surface area contributed by atoms with Crippen LogP contribution in [0.25, 0.3) is 33.6 Å². The maximum atomic E-state index is 13.3. The molecule has 2 heterocycles. The monoisotopic (exact) mass is 501 g/mol. The van der Waals surface area contributed by atoms with Crippen LogP contribution in [-0.4, -0.2) is 21.7 Å². The average molecular weight is 501 g/mol. The fraction of sp³-hybridized carbons (Fsp3) is 0.0714. The van der Waals surface area contributed by atoms with Crippen LogP contribution in [-0.2, 0) is 6.18 Å². The Kier molecular flexibility index (Phi) is 6.04. The quantitative estimate of drug-likeness (QED) is 0.206. The van der Waals surface area contributed by atoms with Gasteiger partial charge in [-0.05, 0) is 43.3 Å². The van der Waals surface area contributed by atoms with Crippen molar-refractivity contribution in [3.8, 4) is 22.7 Å². The highest BCUT2D eigenvalue weighted by molar-refractivity contribution is 5.94. The molecule has 5 aromatic rings. The zero-order valence-electron chi connectivity index (χ0n) is 19.4. The van der Waals surface area contributed by atoms with Crippen LogP contribution in [0.2, 0.25) is 0 Å². The Hall–Kier alpha value is -4.79. The molecule has 0 N–H and O–H groups in total. The van der Waals surface area contributed by atoms with E-state index in [4.69, 9.17) is 4.42 Å². The number of fused-ring (bicyclic) bond motifs is 1. The number of furan rings is 1. The first-order valence-electron chi connectivity index (χ1n) is 11.2. The minimum atomic E-state index is -4.56. The van der Waals surface area contributed by atoms with E-state index < -0.39 is 17.3 Å². The number of aromatic nitrogens is 2. The number of nitrogens with zero attached hydrogens (tertiary/aromatic N) is 3. The number of carbonyl (C=O) groups is 1. The molecule has 0 bridgehead atoms. The Labute approximate surface area is 208 Å². The Morgan fingerprint density at radius 1 is 0.946 bits per heavy atom. The number of rotatable bonds is 5. The predicted octanol–water partition coefficient (Wildman–Crippen LogP) is 6.43. The van der Waals surface area contributed by atoms with Crippen LogP contribution in [0.5, 0.6) is 0 Å². The smallest absolute Gasteiger partial charge is 0.416 e. The van der Waals surface area contributed by atoms with Crippen molar-refractivity contribution in [3.05, 3.63) is 112 Å². The maximum absolute atomic E-state index is 13.3. The first-order chi connectivity index (χ1) is 17.7. The lowest BCUT2D eigenvalue weighted by atomic mass is 10.1. The normalized spacial score (nSPS) is 11.9. The van der Waals surface area contributed by atoms with Crippen molar-refractivity contribution in [2.75, 3.05) is 0 Å². The van der Waals surface area contributed by atoms with Crippen LogP contribution < -0.4 is 5.56 Å². The van der Waals surface area contributed by atoms with Gasteiger partial charge in [-0.25, -0.2) is 4.98 Å². The lowest BCUT2D eigenvalue weighted by molar-refractivity contribution is -0.137. The summed E-state index contributed by atoms with van der Waals surface area (Å²) in [6, 6.07) is 21.3. The summed E-state index contributed by atoms with van der Waals surface area (Å²) in [5, 5.41) is 4.50. The molecule has 0 aliphatic rings. The van der Waals surface area contributed by atoms with Crippen molar-refractivity contribution in [3.63, 3.8) is 0 Å². The zero-order valence-corrected chi connectivity index (χ0v) is 19.4. The second-order valence-corrected chi connectivity index (χ2v) is 8.23. The van der Waals surface area contributed by atoms with Crippen LogP contribution in [0.4, 0.5) is 13.2 Å². The van der Waals surface area contributed by atoms with E-state index in [9.17, 15) is 22.8 Å². The summed E-state index contributed by atoms with van der Waals surface area (Å²) >= 11 is 0. The molecule has 2 aromatic heterocycles. The van der Waals surface area contributed by atoms with Gasteiger partial charge in [-0.2, -0.15) is 22.9 Å². The van der Waals surface area contributed by atoms with Crippen molar-refractivity contribution >= 4 is 22.9 Å². The molecule has 0 aliphatic heterocycles. The molecular formula is C28H18F3N3O3. The van der Waals surface area contributed by atoms with Crippen LogP contribution in [0.15, 0.2) is 99.2 Å². The summed E-state index contributed by atoms with van der Waals surface area (Å²) in [5.74, 6) is 0.724. The number of alkyl halides is 3. The van der Waals surface area contributed by atoms with Crippen molar-refractivity contribution < 1.29 is 22.4 Å². The topological polar surface area (TPSA) is 77.5 Å². The van der Waals surface area contributed by atoms with Gasteiger partial charge in [0.2, 0.25) is 0 Å². The highest BCUT2D eigenvalue weighted by Crippen LogP contribution is 2.32. The molecule has 0 saturated heterocycles. The molecule has 0 aliphatic carbocycles. The fourth-order valence-electron chi connectivity index (χ4n) is 3.81. The Bertz CT molecular complexity index is 1720. The standard InChI is InChI=1S/C28H18F3N3O3/c1-17(35)18-9-11-19(12-10-18)25-14-13-22(37-25)16-32-34-26(20-5-4-6-21(15-20)28(29,30)31)33-24-8-3-2-7-23(24)27(34)36/h2-16H,1H3. The zero-order chi connectivity index (χ0) is 26.2. The maximum Gasteiger partial charge on any atom is 0.416 e. The van der Waals surface area contributed by atoms with Gasteiger partial charge in [0.25, 0.3) is 5.56 Å². The minimum Gasteiger partial charge on any atom is -0.455 e. The molecule has 0 unspecified atom stereocenters. The van der Waals surface area contributed by atoms with Crippen LogP contribution in [0.1, 0.15) is 28.6 Å². The summed E-state index contributed by atoms with van der Waals surface area (Å²) in [6.07, 6.45) is -3.27. The number of ketones is 1. The molecule has 6 nitrogen and oxygen atoms in total. The lowest BCUT2D eigenvalue weighted by Crippen LogP contribution is -2.20. The van der Waals surface area contributed by atoms with E-state index in [-0.39, 0.29) is 22.6 Å². The highest BCUT2D eigenvalue weighted by Gasteiger charge is 2.31. The van der Waals surface area contributed by atoms with E-state index in [1.165, 1.54) is 25.3 Å². The molecule has 5 rings (SSSR count). The van der Waals surface area contributed by atoms with E-state index in [0.29, 0.717) is 22.6 Å². The van der Waals surface area contributed by atoms with Crippen LogP contribution in [0, 0.1) is 0 Å². The first kappa shape index (κ1) is 23.9. The van der Waals surface area contributed by atoms with Gasteiger partial charge >= 0.3 is 6.18 Å². The molecule has 0 fully saturated rings. The number of hydrogen-bond donors (Lipinski definition) is 0. The molecule has 0 amide bonds. The van der Waals surface area contributed by atoms with Crippen molar-refractivity contribution in [1.82, 2.24) is 9.66 Å². The number of carbonyl (C=O) groups excluding carboxylic acids is 1. The third-order valence-electron chi connectivity index (χ3n) is 5.71. The molecule has 37 heavy (non-hydrogen) atoms. The van der Waals surface area contributed by atoms with Gasteiger partial charge < -0.3 is 4.42 Å². The Balaban J connectivity index is 1.57. The average Bonchev–Trinajstić information content (AvgIpc) is 3.37. The van der Waals surface area contributed by atoms with E-state index in [1.807, 2.05) is 0 Å². The largest absolute Gasteiger partial charge is 0.455 e. The van der Waals surface area contributed by atoms with E-state index in [0.717, 1.165) is 22.4 Å². The van der Waals surface area contributed by atoms with Crippen molar-refractivity contribution in [1.29, 1.82) is 0 Å². The number of benzene rings is 3. The first-order valence-corrected chi connectivity index (χ1v) is 11.2. The molecule has 9 heteroatoms. The van der Waals surface area contributed by atoms with E-state index >= 15 is 0 Å². The molecule has 0 spiro atoms. The number of halogens is 3. The summed E-state index contributed by atoms with van der Waals surface area (Å²) in [4.78, 5) is 29.2. The van der Waals surface area contributed by atoms with Gasteiger partial charge in [-0.1, -0.05) is 48.5 Å². The lowest BCUT2D eigenvalue weighted by Gasteiger charge is -2.11.